The average molecular weight is 301 g/mol. The number of nitrogens with one attached hydrogen (secondary N) is 1. The van der Waals surface area contributed by atoms with E-state index in [1.54, 1.807) is 0 Å². The largest absolute Gasteiger partial charge is 0.416 e. The zero-order chi connectivity index (χ0) is 15.8. The summed E-state index contributed by atoms with van der Waals surface area (Å²) in [6.45, 7) is -0.147. The van der Waals surface area contributed by atoms with E-state index in [1.807, 2.05) is 5.43 Å². The molecule has 6 nitrogen and oxygen atoms in total. The number of fused-ring (bicyclic) bond motifs is 1. The fraction of sp³-hybridized carbons (Fsp3) is 0.250. The molecule has 0 saturated carbocycles. The quantitative estimate of drug-likeness (QED) is 0.370. The minimum absolute atomic E-state index is 0.0582. The number of nitrogens with zero attached hydrogens (tertiary/aromatic N) is 1. The molecule has 1 aromatic carbocycles. The first-order valence-corrected chi connectivity index (χ1v) is 5.82. The molecule has 1 aliphatic heterocycles. The Hall–Kier alpha value is -2.42. The lowest BCUT2D eigenvalue weighted by molar-refractivity contribution is -0.137. The van der Waals surface area contributed by atoms with E-state index in [0.717, 1.165) is 17.0 Å². The summed E-state index contributed by atoms with van der Waals surface area (Å²) in [6, 6.07) is 2.46. The lowest BCUT2D eigenvalue weighted by atomic mass is 10.1. The van der Waals surface area contributed by atoms with Gasteiger partial charge >= 0.3 is 6.18 Å². The van der Waals surface area contributed by atoms with E-state index in [1.165, 1.54) is 0 Å². The summed E-state index contributed by atoms with van der Waals surface area (Å²) < 4.78 is 37.8. The molecule has 0 atom stereocenters. The van der Waals surface area contributed by atoms with Crippen LogP contribution in [0.1, 0.15) is 22.3 Å². The maximum absolute atomic E-state index is 12.6. The first-order chi connectivity index (χ1) is 9.75. The molecule has 0 bridgehead atoms. The number of Topliss-reactive ketones (excluding diaryl/α,β-unsaturated/α-hetero) is 1. The van der Waals surface area contributed by atoms with Crippen LogP contribution in [0.3, 0.4) is 0 Å². The normalized spacial score (nSPS) is 14.4. The number of alkyl halides is 3. The maximum atomic E-state index is 12.6. The van der Waals surface area contributed by atoms with Crippen LogP contribution in [0.15, 0.2) is 18.2 Å². The van der Waals surface area contributed by atoms with E-state index in [9.17, 15) is 27.6 Å². The third kappa shape index (κ3) is 2.72. The smallest absolute Gasteiger partial charge is 0.304 e. The Morgan fingerprint density at radius 1 is 1.29 bits per heavy atom. The standard InChI is InChI=1S/C12H10F3N3O3/c13-12(14,15)6-1-2-8-7(5-6)10(20)11(21)18(8)4-3-9(19)17-16/h1-2,5H,3-4,16H2,(H,17,19). The number of benzene rings is 1. The minimum Gasteiger partial charge on any atom is -0.304 e. The van der Waals surface area contributed by atoms with Crippen molar-refractivity contribution in [3.63, 3.8) is 0 Å². The van der Waals surface area contributed by atoms with E-state index in [2.05, 4.69) is 0 Å². The second-order valence-electron chi connectivity index (χ2n) is 4.33. The molecule has 1 aromatic rings. The van der Waals surface area contributed by atoms with Gasteiger partial charge in [-0.05, 0) is 18.2 Å². The van der Waals surface area contributed by atoms with Crippen molar-refractivity contribution in [3.8, 4) is 0 Å². The van der Waals surface area contributed by atoms with Crippen molar-refractivity contribution in [2.45, 2.75) is 12.6 Å². The molecule has 9 heteroatoms. The highest BCUT2D eigenvalue weighted by Gasteiger charge is 2.39. The number of ketones is 1. The molecule has 1 heterocycles. The Balaban J connectivity index is 2.33. The van der Waals surface area contributed by atoms with Gasteiger partial charge in [0.15, 0.2) is 0 Å². The van der Waals surface area contributed by atoms with Gasteiger partial charge in [0.1, 0.15) is 0 Å². The number of hydrogen-bond acceptors (Lipinski definition) is 4. The number of halogens is 3. The molecule has 0 aliphatic carbocycles. The summed E-state index contributed by atoms with van der Waals surface area (Å²) >= 11 is 0. The Labute approximate surface area is 116 Å². The van der Waals surface area contributed by atoms with Gasteiger partial charge in [-0.25, -0.2) is 5.84 Å². The van der Waals surface area contributed by atoms with Crippen molar-refractivity contribution < 1.29 is 27.6 Å². The number of carbonyl (C=O) groups is 3. The van der Waals surface area contributed by atoms with Gasteiger partial charge in [-0.2, -0.15) is 13.2 Å². The Morgan fingerprint density at radius 3 is 2.52 bits per heavy atom. The first kappa shape index (κ1) is 15.0. The highest BCUT2D eigenvalue weighted by molar-refractivity contribution is 6.52. The monoisotopic (exact) mass is 301 g/mol. The molecule has 1 aliphatic rings. The number of amides is 2. The molecule has 0 saturated heterocycles. The van der Waals surface area contributed by atoms with E-state index < -0.39 is 29.3 Å². The fourth-order valence-electron chi connectivity index (χ4n) is 1.98. The summed E-state index contributed by atoms with van der Waals surface area (Å²) in [5.74, 6) is 2.34. The van der Waals surface area contributed by atoms with Gasteiger partial charge in [-0.15, -0.1) is 0 Å². The van der Waals surface area contributed by atoms with Crippen LogP contribution in [0, 0.1) is 0 Å². The minimum atomic E-state index is -4.61. The lowest BCUT2D eigenvalue weighted by Crippen LogP contribution is -2.36. The van der Waals surface area contributed by atoms with Crippen molar-refractivity contribution >= 4 is 23.3 Å². The predicted molar refractivity (Wildman–Crippen MR) is 65.1 cm³/mol. The average Bonchev–Trinajstić information content (AvgIpc) is 2.67. The van der Waals surface area contributed by atoms with Gasteiger partial charge in [0.25, 0.3) is 11.7 Å². The van der Waals surface area contributed by atoms with Crippen LogP contribution in [0.2, 0.25) is 0 Å². The maximum Gasteiger partial charge on any atom is 0.416 e. The molecular weight excluding hydrogens is 291 g/mol. The molecule has 0 unspecified atom stereocenters. The summed E-state index contributed by atoms with van der Waals surface area (Å²) in [5.41, 5.74) is 0.589. The number of anilines is 1. The van der Waals surface area contributed by atoms with E-state index >= 15 is 0 Å². The molecule has 2 rings (SSSR count). The molecule has 0 spiro atoms. The number of hydrogen-bond donors (Lipinski definition) is 2. The molecule has 3 N–H and O–H groups in total. The summed E-state index contributed by atoms with van der Waals surface area (Å²) in [5, 5.41) is 0. The van der Waals surface area contributed by atoms with Crippen molar-refractivity contribution in [1.29, 1.82) is 0 Å². The van der Waals surface area contributed by atoms with E-state index in [4.69, 9.17) is 5.84 Å². The van der Waals surface area contributed by atoms with E-state index in [0.29, 0.717) is 6.07 Å². The van der Waals surface area contributed by atoms with Gasteiger partial charge in [-0.1, -0.05) is 0 Å². The second kappa shape index (κ2) is 5.17. The Morgan fingerprint density at radius 2 is 1.95 bits per heavy atom. The van der Waals surface area contributed by atoms with Gasteiger partial charge in [0.05, 0.1) is 16.8 Å². The highest BCUT2D eigenvalue weighted by atomic mass is 19.4. The molecular formula is C12H10F3N3O3. The molecule has 0 radical (unpaired) electrons. The fourth-order valence-corrected chi connectivity index (χ4v) is 1.98. The van der Waals surface area contributed by atoms with Crippen molar-refractivity contribution in [2.24, 2.45) is 5.84 Å². The summed E-state index contributed by atoms with van der Waals surface area (Å²) in [6.07, 6.45) is -4.78. The summed E-state index contributed by atoms with van der Waals surface area (Å²) in [7, 11) is 0. The zero-order valence-corrected chi connectivity index (χ0v) is 10.5. The van der Waals surface area contributed by atoms with Gasteiger partial charge in [0, 0.05) is 13.0 Å². The van der Waals surface area contributed by atoms with Crippen LogP contribution in [0.25, 0.3) is 0 Å². The van der Waals surface area contributed by atoms with Crippen molar-refractivity contribution in [3.05, 3.63) is 29.3 Å². The number of nitrogens with two attached hydrogens (primary N) is 1. The third-order valence-corrected chi connectivity index (χ3v) is 3.02. The topological polar surface area (TPSA) is 92.5 Å². The van der Waals surface area contributed by atoms with Crippen LogP contribution >= 0.6 is 0 Å². The van der Waals surface area contributed by atoms with Crippen molar-refractivity contribution in [1.82, 2.24) is 5.43 Å². The lowest BCUT2D eigenvalue weighted by Gasteiger charge is -2.16. The Bertz CT molecular complexity index is 628. The van der Waals surface area contributed by atoms with Crippen LogP contribution in [0.4, 0.5) is 18.9 Å². The molecule has 0 fully saturated rings. The van der Waals surface area contributed by atoms with Crippen LogP contribution in [0.5, 0.6) is 0 Å². The molecule has 112 valence electrons. The van der Waals surface area contributed by atoms with Crippen LogP contribution in [-0.4, -0.2) is 24.1 Å². The SMILES string of the molecule is NNC(=O)CCN1C(=O)C(=O)c2cc(C(F)(F)F)ccc21. The third-order valence-electron chi connectivity index (χ3n) is 3.02. The summed E-state index contributed by atoms with van der Waals surface area (Å²) in [4.78, 5) is 35.5. The first-order valence-electron chi connectivity index (χ1n) is 5.82. The van der Waals surface area contributed by atoms with Crippen molar-refractivity contribution in [2.75, 3.05) is 11.4 Å². The van der Waals surface area contributed by atoms with Gasteiger partial charge in [-0.3, -0.25) is 19.8 Å². The van der Waals surface area contributed by atoms with Gasteiger partial charge < -0.3 is 4.90 Å². The number of rotatable bonds is 3. The Kier molecular flexibility index (Phi) is 3.69. The highest BCUT2D eigenvalue weighted by Crippen LogP contribution is 2.36. The number of carbonyl (C=O) groups excluding carboxylic acids is 3. The second-order valence-corrected chi connectivity index (χ2v) is 4.33. The van der Waals surface area contributed by atoms with E-state index in [-0.39, 0.29) is 24.2 Å². The van der Waals surface area contributed by atoms with Crippen LogP contribution < -0.4 is 16.2 Å². The zero-order valence-electron chi connectivity index (χ0n) is 10.5. The van der Waals surface area contributed by atoms with Gasteiger partial charge in [0.2, 0.25) is 5.91 Å². The van der Waals surface area contributed by atoms with Crippen LogP contribution in [-0.2, 0) is 15.8 Å². The number of hydrazine groups is 1. The molecule has 2 amide bonds. The predicted octanol–water partition coefficient (Wildman–Crippen LogP) is 0.615. The molecule has 21 heavy (non-hydrogen) atoms. The molecule has 0 aromatic heterocycles.